The van der Waals surface area contributed by atoms with Gasteiger partial charge in [-0.2, -0.15) is 0 Å². The summed E-state index contributed by atoms with van der Waals surface area (Å²) in [6.45, 7) is 1.32. The molecule has 2 fully saturated rings. The molecule has 0 bridgehead atoms. The van der Waals surface area contributed by atoms with Gasteiger partial charge in [0.25, 0.3) is 0 Å². The van der Waals surface area contributed by atoms with E-state index in [9.17, 15) is 9.59 Å². The van der Waals surface area contributed by atoms with Gasteiger partial charge in [-0.1, -0.05) is 0 Å². The highest BCUT2D eigenvalue weighted by molar-refractivity contribution is 5.80. The lowest BCUT2D eigenvalue weighted by Gasteiger charge is -2.39. The van der Waals surface area contributed by atoms with Crippen molar-refractivity contribution in [2.45, 2.75) is 37.3 Å². The highest BCUT2D eigenvalue weighted by atomic mass is 16.2. The lowest BCUT2D eigenvalue weighted by Crippen LogP contribution is -2.55. The summed E-state index contributed by atoms with van der Waals surface area (Å²) >= 11 is 0. The van der Waals surface area contributed by atoms with Crippen molar-refractivity contribution in [1.82, 2.24) is 10.2 Å². The van der Waals surface area contributed by atoms with Crippen LogP contribution in [0.2, 0.25) is 0 Å². The van der Waals surface area contributed by atoms with Gasteiger partial charge in [0, 0.05) is 18.6 Å². The van der Waals surface area contributed by atoms with E-state index in [-0.39, 0.29) is 23.5 Å². The first-order valence-electron chi connectivity index (χ1n) is 5.64. The molecule has 1 unspecified atom stereocenters. The molecule has 16 heavy (non-hydrogen) atoms. The van der Waals surface area contributed by atoms with E-state index in [0.717, 1.165) is 25.7 Å². The predicted octanol–water partition coefficient (Wildman–Crippen LogP) is -0.863. The Labute approximate surface area is 94.3 Å². The highest BCUT2D eigenvalue weighted by Crippen LogP contribution is 2.33. The number of piperidine rings is 1. The van der Waals surface area contributed by atoms with Crippen molar-refractivity contribution in [3.05, 3.63) is 0 Å². The SMILES string of the molecule is NC(=O)C1CCC2(CCN(C(N)=O)CC2)N1. The number of nitrogens with one attached hydrogen (secondary N) is 1. The van der Waals surface area contributed by atoms with E-state index in [1.807, 2.05) is 0 Å². The fourth-order valence-electron chi connectivity index (χ4n) is 2.70. The maximum absolute atomic E-state index is 11.1. The van der Waals surface area contributed by atoms with Gasteiger partial charge < -0.3 is 21.7 Å². The Kier molecular flexibility index (Phi) is 2.75. The number of carbonyl (C=O) groups is 2. The van der Waals surface area contributed by atoms with E-state index < -0.39 is 0 Å². The van der Waals surface area contributed by atoms with Crippen LogP contribution in [0.3, 0.4) is 0 Å². The lowest BCUT2D eigenvalue weighted by atomic mass is 9.86. The molecule has 2 aliphatic heterocycles. The van der Waals surface area contributed by atoms with Crippen LogP contribution in [0.15, 0.2) is 0 Å². The number of primary amides is 2. The minimum Gasteiger partial charge on any atom is -0.368 e. The number of rotatable bonds is 1. The van der Waals surface area contributed by atoms with E-state index in [4.69, 9.17) is 11.5 Å². The van der Waals surface area contributed by atoms with Gasteiger partial charge in [-0.25, -0.2) is 4.79 Å². The number of hydrogen-bond donors (Lipinski definition) is 3. The normalized spacial score (nSPS) is 28.2. The van der Waals surface area contributed by atoms with Crippen molar-refractivity contribution >= 4 is 11.9 Å². The molecule has 0 saturated carbocycles. The molecule has 0 aromatic heterocycles. The predicted molar refractivity (Wildman–Crippen MR) is 58.5 cm³/mol. The van der Waals surface area contributed by atoms with Crippen LogP contribution in [0, 0.1) is 0 Å². The number of likely N-dealkylation sites (tertiary alicyclic amines) is 1. The summed E-state index contributed by atoms with van der Waals surface area (Å²) in [5.74, 6) is -0.283. The maximum Gasteiger partial charge on any atom is 0.314 e. The van der Waals surface area contributed by atoms with Gasteiger partial charge in [0.15, 0.2) is 0 Å². The van der Waals surface area contributed by atoms with Gasteiger partial charge >= 0.3 is 6.03 Å². The fourth-order valence-corrected chi connectivity index (χ4v) is 2.70. The summed E-state index contributed by atoms with van der Waals surface area (Å²) in [4.78, 5) is 23.7. The third kappa shape index (κ3) is 1.97. The van der Waals surface area contributed by atoms with Gasteiger partial charge in [-0.15, -0.1) is 0 Å². The average molecular weight is 226 g/mol. The van der Waals surface area contributed by atoms with E-state index >= 15 is 0 Å². The second-order valence-corrected chi connectivity index (χ2v) is 4.74. The van der Waals surface area contributed by atoms with Crippen LogP contribution in [-0.2, 0) is 4.79 Å². The standard InChI is InChI=1S/C10H18N4O2/c11-8(15)7-1-2-10(13-7)3-5-14(6-4-10)9(12)16/h7,13H,1-6H2,(H2,11,15)(H2,12,16). The molecule has 0 radical (unpaired) electrons. The van der Waals surface area contributed by atoms with Crippen LogP contribution in [0.5, 0.6) is 0 Å². The van der Waals surface area contributed by atoms with Gasteiger partial charge in [-0.05, 0) is 25.7 Å². The number of nitrogens with two attached hydrogens (primary N) is 2. The molecular weight excluding hydrogens is 208 g/mol. The summed E-state index contributed by atoms with van der Waals surface area (Å²) in [6.07, 6.45) is 3.44. The first-order valence-corrected chi connectivity index (χ1v) is 5.64. The zero-order chi connectivity index (χ0) is 11.8. The monoisotopic (exact) mass is 226 g/mol. The fraction of sp³-hybridized carbons (Fsp3) is 0.800. The molecule has 6 heteroatoms. The molecule has 2 rings (SSSR count). The molecule has 1 atom stereocenters. The van der Waals surface area contributed by atoms with E-state index in [2.05, 4.69) is 5.32 Å². The molecular formula is C10H18N4O2. The molecule has 2 aliphatic rings. The smallest absolute Gasteiger partial charge is 0.314 e. The van der Waals surface area contributed by atoms with Crippen LogP contribution >= 0.6 is 0 Å². The summed E-state index contributed by atoms with van der Waals surface area (Å²) < 4.78 is 0. The molecule has 6 nitrogen and oxygen atoms in total. The molecule has 0 aliphatic carbocycles. The number of nitrogens with zero attached hydrogens (tertiary/aromatic N) is 1. The first kappa shape index (κ1) is 11.2. The summed E-state index contributed by atoms with van der Waals surface area (Å²) in [7, 11) is 0. The quantitative estimate of drug-likeness (QED) is 0.542. The minimum absolute atomic E-state index is 0.00829. The zero-order valence-corrected chi connectivity index (χ0v) is 9.24. The Morgan fingerprint density at radius 3 is 2.25 bits per heavy atom. The lowest BCUT2D eigenvalue weighted by molar-refractivity contribution is -0.119. The molecule has 3 amide bonds. The zero-order valence-electron chi connectivity index (χ0n) is 9.24. The minimum atomic E-state index is -0.362. The van der Waals surface area contributed by atoms with E-state index in [1.54, 1.807) is 4.90 Å². The van der Waals surface area contributed by atoms with Crippen molar-refractivity contribution in [2.75, 3.05) is 13.1 Å². The van der Waals surface area contributed by atoms with Crippen molar-refractivity contribution in [1.29, 1.82) is 0 Å². The Hall–Kier alpha value is -1.30. The van der Waals surface area contributed by atoms with Crippen molar-refractivity contribution in [3.8, 4) is 0 Å². The third-order valence-electron chi connectivity index (χ3n) is 3.77. The largest absolute Gasteiger partial charge is 0.368 e. The van der Waals surface area contributed by atoms with Gasteiger partial charge in [0.05, 0.1) is 6.04 Å². The van der Waals surface area contributed by atoms with Crippen LogP contribution in [0.25, 0.3) is 0 Å². The molecule has 90 valence electrons. The van der Waals surface area contributed by atoms with Crippen molar-refractivity contribution < 1.29 is 9.59 Å². The molecule has 0 aromatic carbocycles. The topological polar surface area (TPSA) is 101 Å². The molecule has 5 N–H and O–H groups in total. The van der Waals surface area contributed by atoms with Gasteiger partial charge in [-0.3, -0.25) is 4.79 Å². The second kappa shape index (κ2) is 3.93. The van der Waals surface area contributed by atoms with Crippen LogP contribution in [0.4, 0.5) is 4.79 Å². The van der Waals surface area contributed by atoms with Gasteiger partial charge in [0.1, 0.15) is 0 Å². The Morgan fingerprint density at radius 2 is 1.81 bits per heavy atom. The number of hydrogen-bond acceptors (Lipinski definition) is 3. The molecule has 1 spiro atoms. The Bertz CT molecular complexity index is 310. The van der Waals surface area contributed by atoms with Gasteiger partial charge in [0.2, 0.25) is 5.91 Å². The van der Waals surface area contributed by atoms with Crippen LogP contribution < -0.4 is 16.8 Å². The van der Waals surface area contributed by atoms with Crippen LogP contribution in [-0.4, -0.2) is 41.5 Å². The summed E-state index contributed by atoms with van der Waals surface area (Å²) in [5.41, 5.74) is 10.5. The van der Waals surface area contributed by atoms with Crippen LogP contribution in [0.1, 0.15) is 25.7 Å². The molecule has 2 heterocycles. The second-order valence-electron chi connectivity index (χ2n) is 4.74. The number of amides is 3. The van der Waals surface area contributed by atoms with E-state index in [1.165, 1.54) is 0 Å². The van der Waals surface area contributed by atoms with Crippen molar-refractivity contribution in [2.24, 2.45) is 11.5 Å². The molecule has 0 aromatic rings. The Balaban J connectivity index is 1.93. The summed E-state index contributed by atoms with van der Waals surface area (Å²) in [6, 6.07) is -0.570. The highest BCUT2D eigenvalue weighted by Gasteiger charge is 2.42. The molecule has 2 saturated heterocycles. The third-order valence-corrected chi connectivity index (χ3v) is 3.77. The van der Waals surface area contributed by atoms with E-state index in [0.29, 0.717) is 13.1 Å². The van der Waals surface area contributed by atoms with Crippen molar-refractivity contribution in [3.63, 3.8) is 0 Å². The number of urea groups is 1. The first-order chi connectivity index (χ1) is 7.52. The Morgan fingerprint density at radius 1 is 1.19 bits per heavy atom. The summed E-state index contributed by atoms with van der Waals surface area (Å²) in [5, 5.41) is 3.31. The average Bonchev–Trinajstić information content (AvgIpc) is 2.63. The maximum atomic E-state index is 11.1. The number of carbonyl (C=O) groups excluding carboxylic acids is 2.